The number of thiocarbonyl (C=S) groups is 1. The molecule has 2 amide bonds. The molecular weight excluding hydrogens is 593 g/mol. The van der Waals surface area contributed by atoms with E-state index in [9.17, 15) is 9.59 Å². The molecule has 0 aromatic heterocycles. The van der Waals surface area contributed by atoms with Gasteiger partial charge < -0.3 is 15.0 Å². The molecule has 0 spiro atoms. The summed E-state index contributed by atoms with van der Waals surface area (Å²) in [4.78, 5) is 31.3. The third kappa shape index (κ3) is 8.59. The predicted molar refractivity (Wildman–Crippen MR) is 188 cm³/mol. The van der Waals surface area contributed by atoms with Crippen molar-refractivity contribution in [3.05, 3.63) is 131 Å². The first kappa shape index (κ1) is 32.9. The van der Waals surface area contributed by atoms with Gasteiger partial charge in [0.05, 0.1) is 29.5 Å². The molecule has 238 valence electrons. The van der Waals surface area contributed by atoms with Gasteiger partial charge in [0.2, 0.25) is 0 Å². The lowest BCUT2D eigenvalue weighted by Crippen LogP contribution is -2.50. The number of nitrogens with one attached hydrogen (secondary N) is 2. The molecular formula is C38H42N4O3S. The Morgan fingerprint density at radius 2 is 1.33 bits per heavy atom. The van der Waals surface area contributed by atoms with Crippen LogP contribution in [0.25, 0.3) is 0 Å². The lowest BCUT2D eigenvalue weighted by Gasteiger charge is -2.40. The van der Waals surface area contributed by atoms with Crippen LogP contribution in [-0.4, -0.2) is 59.5 Å². The fraction of sp³-hybridized carbons (Fsp3) is 0.289. The topological polar surface area (TPSA) is 73.9 Å². The Kier molecular flexibility index (Phi) is 11.9. The standard InChI is InChI=1S/C38H42N4O3S/c1-2-3-4-15-28-45-34-23-14-12-21-32(34)36(43)40-38(46)39-33-22-13-11-20-31(33)37(44)42-26-24-41(25-27-42)35(29-16-7-5-8-17-29)30-18-9-6-10-19-30/h5-14,16-23,35H,2-4,15,24-28H2,1H3,(H2,39,40,43,46). The summed E-state index contributed by atoms with van der Waals surface area (Å²) in [5, 5.41) is 5.96. The molecule has 4 aromatic rings. The second kappa shape index (κ2) is 16.7. The van der Waals surface area contributed by atoms with Gasteiger partial charge in [-0.1, -0.05) is 111 Å². The second-order valence-electron chi connectivity index (χ2n) is 11.4. The Balaban J connectivity index is 1.20. The van der Waals surface area contributed by atoms with E-state index in [1.54, 1.807) is 30.3 Å². The molecule has 8 heteroatoms. The maximum Gasteiger partial charge on any atom is 0.261 e. The zero-order valence-corrected chi connectivity index (χ0v) is 27.2. The second-order valence-corrected chi connectivity index (χ2v) is 11.8. The first-order chi connectivity index (χ1) is 22.5. The lowest BCUT2D eigenvalue weighted by atomic mass is 9.96. The van der Waals surface area contributed by atoms with Gasteiger partial charge in [-0.3, -0.25) is 19.8 Å². The molecule has 1 fully saturated rings. The maximum atomic E-state index is 13.8. The van der Waals surface area contributed by atoms with E-state index in [2.05, 4.69) is 71.0 Å². The SMILES string of the molecule is CCCCCCOc1ccccc1C(=O)NC(=S)Nc1ccccc1C(=O)N1CCN(C(c2ccccc2)c2ccccc2)CC1. The van der Waals surface area contributed by atoms with Crippen LogP contribution in [-0.2, 0) is 0 Å². The molecule has 0 atom stereocenters. The van der Waals surface area contributed by atoms with Crippen molar-refractivity contribution < 1.29 is 14.3 Å². The van der Waals surface area contributed by atoms with Crippen LogP contribution in [0.2, 0.25) is 0 Å². The highest BCUT2D eigenvalue weighted by Crippen LogP contribution is 2.30. The first-order valence-electron chi connectivity index (χ1n) is 16.1. The van der Waals surface area contributed by atoms with Gasteiger partial charge in [-0.15, -0.1) is 0 Å². The first-order valence-corrected chi connectivity index (χ1v) is 16.5. The van der Waals surface area contributed by atoms with E-state index in [-0.39, 0.29) is 23.0 Å². The maximum absolute atomic E-state index is 13.8. The monoisotopic (exact) mass is 634 g/mol. The Labute approximate surface area is 277 Å². The minimum absolute atomic E-state index is 0.0744. The van der Waals surface area contributed by atoms with Gasteiger partial charge in [0.15, 0.2) is 5.11 Å². The Hall–Kier alpha value is -4.53. The minimum Gasteiger partial charge on any atom is -0.493 e. The van der Waals surface area contributed by atoms with Crippen molar-refractivity contribution in [2.24, 2.45) is 0 Å². The number of carbonyl (C=O) groups is 2. The van der Waals surface area contributed by atoms with E-state index in [4.69, 9.17) is 17.0 Å². The summed E-state index contributed by atoms with van der Waals surface area (Å²) in [5.41, 5.74) is 3.94. The smallest absolute Gasteiger partial charge is 0.261 e. The molecule has 0 aliphatic carbocycles. The fourth-order valence-electron chi connectivity index (χ4n) is 5.83. The van der Waals surface area contributed by atoms with Crippen molar-refractivity contribution in [3.63, 3.8) is 0 Å². The van der Waals surface area contributed by atoms with Crippen molar-refractivity contribution in [2.45, 2.75) is 38.6 Å². The zero-order chi connectivity index (χ0) is 32.1. The number of piperazine rings is 1. The van der Waals surface area contributed by atoms with Crippen LogP contribution in [0.1, 0.15) is 70.5 Å². The molecule has 1 aliphatic rings. The number of nitrogens with zero attached hydrogens (tertiary/aromatic N) is 2. The quantitative estimate of drug-likeness (QED) is 0.126. The molecule has 1 heterocycles. The number of hydrogen-bond acceptors (Lipinski definition) is 5. The molecule has 1 aliphatic heterocycles. The molecule has 4 aromatic carbocycles. The van der Waals surface area contributed by atoms with E-state index >= 15 is 0 Å². The van der Waals surface area contributed by atoms with Crippen LogP contribution in [0.5, 0.6) is 5.75 Å². The number of unbranched alkanes of at least 4 members (excludes halogenated alkanes) is 3. The summed E-state index contributed by atoms with van der Waals surface area (Å²) < 4.78 is 5.92. The number of ether oxygens (including phenoxy) is 1. The lowest BCUT2D eigenvalue weighted by molar-refractivity contribution is 0.0598. The van der Waals surface area contributed by atoms with Crippen molar-refractivity contribution in [3.8, 4) is 5.75 Å². The normalized spacial score (nSPS) is 13.3. The number of amides is 2. The fourth-order valence-corrected chi connectivity index (χ4v) is 6.03. The number of rotatable bonds is 12. The third-order valence-electron chi connectivity index (χ3n) is 8.22. The van der Waals surface area contributed by atoms with Gasteiger partial charge in [0.1, 0.15) is 5.75 Å². The summed E-state index contributed by atoms with van der Waals surface area (Å²) in [6.07, 6.45) is 4.34. The number of para-hydroxylation sites is 2. The van der Waals surface area contributed by atoms with Crippen LogP contribution >= 0.6 is 12.2 Å². The highest BCUT2D eigenvalue weighted by molar-refractivity contribution is 7.80. The third-order valence-corrected chi connectivity index (χ3v) is 8.42. The van der Waals surface area contributed by atoms with Gasteiger partial charge in [-0.05, 0) is 54.0 Å². The van der Waals surface area contributed by atoms with E-state index < -0.39 is 0 Å². The molecule has 7 nitrogen and oxygen atoms in total. The predicted octanol–water partition coefficient (Wildman–Crippen LogP) is 7.32. The van der Waals surface area contributed by atoms with Crippen molar-refractivity contribution >= 4 is 34.8 Å². The Morgan fingerprint density at radius 3 is 1.98 bits per heavy atom. The van der Waals surface area contributed by atoms with Crippen LogP contribution in [0.4, 0.5) is 5.69 Å². The van der Waals surface area contributed by atoms with E-state index in [1.807, 2.05) is 35.2 Å². The summed E-state index contributed by atoms with van der Waals surface area (Å²) in [6.45, 7) is 5.39. The van der Waals surface area contributed by atoms with E-state index in [1.165, 1.54) is 11.1 Å². The Morgan fingerprint density at radius 1 is 0.739 bits per heavy atom. The zero-order valence-electron chi connectivity index (χ0n) is 26.4. The minimum atomic E-state index is -0.368. The van der Waals surface area contributed by atoms with Gasteiger partial charge in [0, 0.05) is 26.2 Å². The highest BCUT2D eigenvalue weighted by Gasteiger charge is 2.29. The van der Waals surface area contributed by atoms with Gasteiger partial charge in [-0.2, -0.15) is 0 Å². The molecule has 0 unspecified atom stereocenters. The highest BCUT2D eigenvalue weighted by atomic mass is 32.1. The molecule has 0 bridgehead atoms. The van der Waals surface area contributed by atoms with E-state index in [0.29, 0.717) is 42.3 Å². The summed E-state index contributed by atoms with van der Waals surface area (Å²) in [5.74, 6) is 0.0819. The van der Waals surface area contributed by atoms with Gasteiger partial charge >= 0.3 is 0 Å². The molecule has 0 saturated carbocycles. The molecule has 1 saturated heterocycles. The largest absolute Gasteiger partial charge is 0.493 e. The van der Waals surface area contributed by atoms with Crippen LogP contribution in [0, 0.1) is 0 Å². The summed E-state index contributed by atoms with van der Waals surface area (Å²) in [7, 11) is 0. The molecule has 0 radical (unpaired) electrons. The van der Waals surface area contributed by atoms with Crippen molar-refractivity contribution in [1.29, 1.82) is 0 Å². The number of benzene rings is 4. The van der Waals surface area contributed by atoms with Gasteiger partial charge in [0.25, 0.3) is 11.8 Å². The molecule has 2 N–H and O–H groups in total. The van der Waals surface area contributed by atoms with Crippen LogP contribution in [0.15, 0.2) is 109 Å². The number of carbonyl (C=O) groups excluding carboxylic acids is 2. The summed E-state index contributed by atoms with van der Waals surface area (Å²) >= 11 is 5.52. The van der Waals surface area contributed by atoms with Gasteiger partial charge in [-0.25, -0.2) is 0 Å². The summed E-state index contributed by atoms with van der Waals surface area (Å²) in [6, 6.07) is 35.6. The average molecular weight is 635 g/mol. The van der Waals surface area contributed by atoms with Crippen LogP contribution < -0.4 is 15.4 Å². The molecule has 46 heavy (non-hydrogen) atoms. The number of hydrogen-bond donors (Lipinski definition) is 2. The molecule has 5 rings (SSSR count). The van der Waals surface area contributed by atoms with E-state index in [0.717, 1.165) is 38.8 Å². The number of anilines is 1. The average Bonchev–Trinajstić information content (AvgIpc) is 3.09. The Bertz CT molecular complexity index is 1550. The van der Waals surface area contributed by atoms with Crippen molar-refractivity contribution in [1.82, 2.24) is 15.1 Å². The van der Waals surface area contributed by atoms with Crippen molar-refractivity contribution in [2.75, 3.05) is 38.1 Å². The van der Waals surface area contributed by atoms with Crippen LogP contribution in [0.3, 0.4) is 0 Å².